The number of nitrogens with zero attached hydrogens (tertiary/aromatic N) is 2. The van der Waals surface area contributed by atoms with Crippen LogP contribution in [-0.2, 0) is 22.6 Å². The first-order valence-electron chi connectivity index (χ1n) is 10.7. The normalized spacial score (nSPS) is 25.3. The van der Waals surface area contributed by atoms with Gasteiger partial charge in [-0.2, -0.15) is 4.89 Å². The zero-order valence-electron chi connectivity index (χ0n) is 18.4. The standard InChI is InChI=1S/C23H28N2O8/c1-3-13-4-6-14(7-5-13)10-25-12-24-16-8-15(30-2)9-17(19(16)25)32-33-22-21(28)20(27)18(11-26)31-23(22)29/h4-9,12,18,20-23,26-29H,3,10-11H2,1-2H3/t18-,20-,21+,22-,23-/m1/s1. The number of aliphatic hydroxyl groups is 4. The highest BCUT2D eigenvalue weighted by Gasteiger charge is 2.45. The topological polar surface area (TPSA) is 136 Å². The molecule has 178 valence electrons. The van der Waals surface area contributed by atoms with Crippen LogP contribution >= 0.6 is 0 Å². The van der Waals surface area contributed by atoms with Gasteiger partial charge in [0, 0.05) is 18.7 Å². The number of methoxy groups -OCH3 is 1. The highest BCUT2D eigenvalue weighted by molar-refractivity contribution is 5.84. The van der Waals surface area contributed by atoms with E-state index in [4.69, 9.17) is 19.2 Å². The van der Waals surface area contributed by atoms with Crippen molar-refractivity contribution in [3.8, 4) is 11.5 Å². The molecule has 1 fully saturated rings. The Morgan fingerprint density at radius 1 is 1.06 bits per heavy atom. The Labute approximate surface area is 190 Å². The maximum Gasteiger partial charge on any atom is 0.194 e. The summed E-state index contributed by atoms with van der Waals surface area (Å²) in [6, 6.07) is 11.6. The van der Waals surface area contributed by atoms with E-state index in [0.29, 0.717) is 23.3 Å². The van der Waals surface area contributed by atoms with Crippen molar-refractivity contribution in [3.05, 3.63) is 53.9 Å². The Hall–Kier alpha value is -2.73. The lowest BCUT2D eigenvalue weighted by molar-refractivity contribution is -0.364. The average Bonchev–Trinajstić information content (AvgIpc) is 3.24. The molecule has 2 heterocycles. The molecule has 0 aliphatic carbocycles. The second-order valence-corrected chi connectivity index (χ2v) is 7.91. The third kappa shape index (κ3) is 4.81. The molecule has 10 heteroatoms. The lowest BCUT2D eigenvalue weighted by Gasteiger charge is -2.38. The summed E-state index contributed by atoms with van der Waals surface area (Å²) in [6.45, 7) is 2.05. The number of fused-ring (bicyclic) bond motifs is 1. The first-order chi connectivity index (χ1) is 15.9. The minimum absolute atomic E-state index is 0.241. The van der Waals surface area contributed by atoms with Gasteiger partial charge in [-0.25, -0.2) is 4.98 Å². The van der Waals surface area contributed by atoms with Crippen LogP contribution in [0.5, 0.6) is 11.5 Å². The van der Waals surface area contributed by atoms with Crippen LogP contribution in [0.1, 0.15) is 18.1 Å². The van der Waals surface area contributed by atoms with E-state index in [-0.39, 0.29) is 5.75 Å². The fourth-order valence-corrected chi connectivity index (χ4v) is 3.81. The molecule has 0 unspecified atom stereocenters. The van der Waals surface area contributed by atoms with Crippen LogP contribution in [0.15, 0.2) is 42.7 Å². The molecule has 33 heavy (non-hydrogen) atoms. The molecule has 1 aliphatic rings. The lowest BCUT2D eigenvalue weighted by Crippen LogP contribution is -2.59. The molecule has 10 nitrogen and oxygen atoms in total. The zero-order valence-corrected chi connectivity index (χ0v) is 18.4. The van der Waals surface area contributed by atoms with Crippen molar-refractivity contribution in [1.82, 2.24) is 9.55 Å². The molecule has 0 spiro atoms. The van der Waals surface area contributed by atoms with E-state index in [9.17, 15) is 20.4 Å². The monoisotopic (exact) mass is 460 g/mol. The third-order valence-electron chi connectivity index (χ3n) is 5.76. The molecule has 4 N–H and O–H groups in total. The summed E-state index contributed by atoms with van der Waals surface area (Å²) >= 11 is 0. The fourth-order valence-electron chi connectivity index (χ4n) is 3.81. The molecule has 1 saturated heterocycles. The number of aryl methyl sites for hydroxylation is 1. The number of hydrogen-bond donors (Lipinski definition) is 4. The van der Waals surface area contributed by atoms with Gasteiger partial charge >= 0.3 is 0 Å². The van der Waals surface area contributed by atoms with Crippen molar-refractivity contribution in [2.45, 2.75) is 50.6 Å². The Balaban J connectivity index is 1.60. The number of rotatable bonds is 8. The summed E-state index contributed by atoms with van der Waals surface area (Å²) in [5, 5.41) is 39.8. The molecule has 3 aromatic rings. The second kappa shape index (κ2) is 10.0. The second-order valence-electron chi connectivity index (χ2n) is 7.91. The summed E-state index contributed by atoms with van der Waals surface area (Å²) in [4.78, 5) is 15.3. The van der Waals surface area contributed by atoms with Crippen LogP contribution in [0.2, 0.25) is 0 Å². The summed E-state index contributed by atoms with van der Waals surface area (Å²) < 4.78 is 12.3. The predicted octanol–water partition coefficient (Wildman–Crippen LogP) is 0.766. The Morgan fingerprint density at radius 3 is 2.45 bits per heavy atom. The molecule has 1 aromatic heterocycles. The molecule has 1 aliphatic heterocycles. The molecule has 4 rings (SSSR count). The van der Waals surface area contributed by atoms with Crippen molar-refractivity contribution in [2.75, 3.05) is 13.7 Å². The fraction of sp³-hybridized carbons (Fsp3) is 0.435. The van der Waals surface area contributed by atoms with E-state index in [1.54, 1.807) is 18.5 Å². The summed E-state index contributed by atoms with van der Waals surface area (Å²) in [5.74, 6) is 0.713. The zero-order chi connectivity index (χ0) is 23.5. The minimum Gasteiger partial charge on any atom is -0.497 e. The van der Waals surface area contributed by atoms with Crippen molar-refractivity contribution in [2.24, 2.45) is 0 Å². The van der Waals surface area contributed by atoms with E-state index < -0.39 is 37.3 Å². The van der Waals surface area contributed by atoms with Gasteiger partial charge in [-0.05, 0) is 17.5 Å². The minimum atomic E-state index is -1.62. The smallest absolute Gasteiger partial charge is 0.194 e. The van der Waals surface area contributed by atoms with Gasteiger partial charge in [0.05, 0.1) is 25.6 Å². The first-order valence-corrected chi connectivity index (χ1v) is 10.7. The molecule has 0 amide bonds. The molecule has 0 saturated carbocycles. The van der Waals surface area contributed by atoms with Gasteiger partial charge in [0.2, 0.25) is 0 Å². The van der Waals surface area contributed by atoms with Gasteiger partial charge in [-0.15, -0.1) is 0 Å². The van der Waals surface area contributed by atoms with Crippen molar-refractivity contribution >= 4 is 11.0 Å². The van der Waals surface area contributed by atoms with E-state index in [0.717, 1.165) is 12.0 Å². The predicted molar refractivity (Wildman–Crippen MR) is 117 cm³/mol. The maximum atomic E-state index is 10.3. The molecule has 2 aromatic carbocycles. The Bertz CT molecular complexity index is 1070. The van der Waals surface area contributed by atoms with Crippen LogP contribution in [0.4, 0.5) is 0 Å². The number of ether oxygens (including phenoxy) is 2. The molecule has 0 radical (unpaired) electrons. The summed E-state index contributed by atoms with van der Waals surface area (Å²) in [5.41, 5.74) is 3.53. The maximum absolute atomic E-state index is 10.3. The third-order valence-corrected chi connectivity index (χ3v) is 5.76. The number of imidazole rings is 1. The summed E-state index contributed by atoms with van der Waals surface area (Å²) in [7, 11) is 1.51. The summed E-state index contributed by atoms with van der Waals surface area (Å²) in [6.07, 6.45) is -4.56. The molecule has 0 bridgehead atoms. The largest absolute Gasteiger partial charge is 0.497 e. The van der Waals surface area contributed by atoms with Crippen LogP contribution in [0.3, 0.4) is 0 Å². The SMILES string of the molecule is CCc1ccc(Cn2cnc3cc(OC)cc(OO[C@@H]4[C@@H](O)[C@H](O)[C@@H](CO)O[C@H]4O)c32)cc1. The number of benzene rings is 2. The highest BCUT2D eigenvalue weighted by Crippen LogP contribution is 2.32. The molecular formula is C23H28N2O8. The van der Waals surface area contributed by atoms with Crippen LogP contribution in [0, 0.1) is 0 Å². The van der Waals surface area contributed by atoms with Crippen LogP contribution in [0.25, 0.3) is 11.0 Å². The lowest BCUT2D eigenvalue weighted by atomic mass is 9.99. The van der Waals surface area contributed by atoms with Crippen LogP contribution < -0.4 is 9.62 Å². The highest BCUT2D eigenvalue weighted by atomic mass is 17.2. The molecular weight excluding hydrogens is 432 g/mol. The van der Waals surface area contributed by atoms with E-state index >= 15 is 0 Å². The number of hydrogen-bond acceptors (Lipinski definition) is 9. The van der Waals surface area contributed by atoms with Gasteiger partial charge in [0.15, 0.2) is 18.1 Å². The van der Waals surface area contributed by atoms with Crippen molar-refractivity contribution in [1.29, 1.82) is 0 Å². The van der Waals surface area contributed by atoms with Gasteiger partial charge < -0.3 is 39.4 Å². The van der Waals surface area contributed by atoms with E-state index in [1.165, 1.54) is 12.7 Å². The Morgan fingerprint density at radius 2 is 1.79 bits per heavy atom. The van der Waals surface area contributed by atoms with Gasteiger partial charge in [-0.1, -0.05) is 31.2 Å². The number of aromatic nitrogens is 2. The van der Waals surface area contributed by atoms with Gasteiger partial charge in [0.25, 0.3) is 0 Å². The van der Waals surface area contributed by atoms with E-state index in [1.807, 2.05) is 4.57 Å². The van der Waals surface area contributed by atoms with Gasteiger partial charge in [0.1, 0.15) is 29.6 Å². The number of aliphatic hydroxyl groups excluding tert-OH is 4. The Kier molecular flexibility index (Phi) is 7.13. The van der Waals surface area contributed by atoms with Gasteiger partial charge in [-0.3, -0.25) is 0 Å². The first kappa shape index (κ1) is 23.4. The van der Waals surface area contributed by atoms with Crippen molar-refractivity contribution in [3.63, 3.8) is 0 Å². The average molecular weight is 460 g/mol. The van der Waals surface area contributed by atoms with Crippen molar-refractivity contribution < 1.29 is 39.7 Å². The van der Waals surface area contributed by atoms with E-state index in [2.05, 4.69) is 36.2 Å². The van der Waals surface area contributed by atoms with Crippen LogP contribution in [-0.4, -0.2) is 74.4 Å². The molecule has 5 atom stereocenters. The quantitative estimate of drug-likeness (QED) is 0.284.